The Labute approximate surface area is 113 Å². The summed E-state index contributed by atoms with van der Waals surface area (Å²) >= 11 is 3.35. The number of aliphatic hydroxyl groups excluding tert-OH is 1. The monoisotopic (exact) mass is 312 g/mol. The second-order valence-corrected chi connectivity index (χ2v) is 5.06. The Morgan fingerprint density at radius 3 is 2.89 bits per heavy atom. The Balaban J connectivity index is 2.43. The van der Waals surface area contributed by atoms with Crippen molar-refractivity contribution < 1.29 is 14.7 Å². The van der Waals surface area contributed by atoms with Crippen LogP contribution in [0, 0.1) is 0 Å². The Morgan fingerprint density at radius 2 is 2.22 bits per heavy atom. The topological polar surface area (TPSA) is 69.6 Å². The molecule has 0 aromatic heterocycles. The van der Waals surface area contributed by atoms with Crippen molar-refractivity contribution in [2.24, 2.45) is 0 Å². The first-order chi connectivity index (χ1) is 8.52. The fourth-order valence-corrected chi connectivity index (χ4v) is 2.30. The standard InChI is InChI=1S/C12H13BrN2O3/c1-7-12(18)14-11(17)5-15(7)10-4-9(13)3-2-8(10)6-16/h2-4,7,16H,5-6H2,1H3,(H,14,17,18). The lowest BCUT2D eigenvalue weighted by atomic mass is 10.1. The minimum Gasteiger partial charge on any atom is -0.392 e. The molecule has 1 aliphatic rings. The number of amides is 2. The summed E-state index contributed by atoms with van der Waals surface area (Å²) in [5.74, 6) is -0.655. The molecule has 1 heterocycles. The first-order valence-electron chi connectivity index (χ1n) is 5.52. The molecule has 1 aromatic carbocycles. The lowest BCUT2D eigenvalue weighted by Crippen LogP contribution is -2.57. The molecule has 5 nitrogen and oxygen atoms in total. The molecule has 96 valence electrons. The van der Waals surface area contributed by atoms with Gasteiger partial charge in [0.25, 0.3) is 0 Å². The minimum absolute atomic E-state index is 0.107. The number of nitrogens with one attached hydrogen (secondary N) is 1. The SMILES string of the molecule is CC1C(=O)NC(=O)CN1c1cc(Br)ccc1CO. The van der Waals surface area contributed by atoms with Crippen molar-refractivity contribution in [3.8, 4) is 0 Å². The van der Waals surface area contributed by atoms with Crippen LogP contribution in [0.1, 0.15) is 12.5 Å². The molecular formula is C12H13BrN2O3. The van der Waals surface area contributed by atoms with Gasteiger partial charge in [-0.25, -0.2) is 0 Å². The third-order valence-electron chi connectivity index (χ3n) is 2.95. The number of imide groups is 1. The van der Waals surface area contributed by atoms with E-state index in [0.717, 1.165) is 4.47 Å². The van der Waals surface area contributed by atoms with Gasteiger partial charge < -0.3 is 10.0 Å². The fraction of sp³-hybridized carbons (Fsp3) is 0.333. The molecule has 1 fully saturated rings. The van der Waals surface area contributed by atoms with Crippen LogP contribution in [0.15, 0.2) is 22.7 Å². The number of nitrogens with zero attached hydrogens (tertiary/aromatic N) is 1. The molecule has 1 unspecified atom stereocenters. The number of halogens is 1. The highest BCUT2D eigenvalue weighted by Gasteiger charge is 2.31. The molecule has 6 heteroatoms. The molecule has 0 radical (unpaired) electrons. The predicted octanol–water partition coefficient (Wildman–Crippen LogP) is 0.793. The Kier molecular flexibility index (Phi) is 3.68. The molecule has 0 bridgehead atoms. The number of carbonyl (C=O) groups excluding carboxylic acids is 2. The second kappa shape index (κ2) is 5.07. The van der Waals surface area contributed by atoms with Gasteiger partial charge >= 0.3 is 0 Å². The van der Waals surface area contributed by atoms with Gasteiger partial charge in [0, 0.05) is 15.7 Å². The van der Waals surface area contributed by atoms with E-state index in [1.54, 1.807) is 24.0 Å². The van der Waals surface area contributed by atoms with E-state index in [1.807, 2.05) is 6.07 Å². The lowest BCUT2D eigenvalue weighted by Gasteiger charge is -2.34. The molecule has 0 aliphatic carbocycles. The number of hydrogen-bond donors (Lipinski definition) is 2. The smallest absolute Gasteiger partial charge is 0.249 e. The van der Waals surface area contributed by atoms with Crippen LogP contribution in [0.2, 0.25) is 0 Å². The van der Waals surface area contributed by atoms with Crippen molar-refractivity contribution in [2.75, 3.05) is 11.4 Å². The van der Waals surface area contributed by atoms with Gasteiger partial charge in [-0.1, -0.05) is 22.0 Å². The van der Waals surface area contributed by atoms with Crippen LogP contribution in [0.5, 0.6) is 0 Å². The van der Waals surface area contributed by atoms with Crippen LogP contribution in [0.25, 0.3) is 0 Å². The Bertz CT molecular complexity index is 504. The molecule has 2 amide bonds. The van der Waals surface area contributed by atoms with Gasteiger partial charge in [-0.2, -0.15) is 0 Å². The van der Waals surface area contributed by atoms with E-state index < -0.39 is 6.04 Å². The average molecular weight is 313 g/mol. The van der Waals surface area contributed by atoms with Crippen LogP contribution >= 0.6 is 15.9 Å². The van der Waals surface area contributed by atoms with E-state index in [1.165, 1.54) is 0 Å². The zero-order valence-electron chi connectivity index (χ0n) is 9.81. The number of rotatable bonds is 2. The molecule has 1 saturated heterocycles. The molecule has 0 saturated carbocycles. The van der Waals surface area contributed by atoms with Gasteiger partial charge in [0.15, 0.2) is 0 Å². The maximum absolute atomic E-state index is 11.6. The molecule has 2 N–H and O–H groups in total. The van der Waals surface area contributed by atoms with Crippen LogP contribution in [0.4, 0.5) is 5.69 Å². The van der Waals surface area contributed by atoms with Gasteiger partial charge in [-0.15, -0.1) is 0 Å². The zero-order valence-corrected chi connectivity index (χ0v) is 11.4. The highest BCUT2D eigenvalue weighted by molar-refractivity contribution is 9.10. The number of aliphatic hydroxyl groups is 1. The van der Waals surface area contributed by atoms with E-state index in [9.17, 15) is 14.7 Å². The van der Waals surface area contributed by atoms with Crippen molar-refractivity contribution in [1.29, 1.82) is 0 Å². The predicted molar refractivity (Wildman–Crippen MR) is 70.0 cm³/mol. The third-order valence-corrected chi connectivity index (χ3v) is 3.44. The van der Waals surface area contributed by atoms with E-state index in [4.69, 9.17) is 0 Å². The number of carbonyl (C=O) groups is 2. The van der Waals surface area contributed by atoms with Crippen LogP contribution < -0.4 is 10.2 Å². The van der Waals surface area contributed by atoms with E-state index >= 15 is 0 Å². The normalized spacial score (nSPS) is 19.9. The number of piperazine rings is 1. The molecule has 1 atom stereocenters. The van der Waals surface area contributed by atoms with E-state index in [-0.39, 0.29) is 25.0 Å². The summed E-state index contributed by atoms with van der Waals surface area (Å²) in [4.78, 5) is 24.8. The third kappa shape index (κ3) is 2.39. The van der Waals surface area contributed by atoms with Gasteiger partial charge in [0.05, 0.1) is 13.2 Å². The van der Waals surface area contributed by atoms with Crippen molar-refractivity contribution >= 4 is 33.4 Å². The zero-order chi connectivity index (χ0) is 13.3. The second-order valence-electron chi connectivity index (χ2n) is 4.15. The number of hydrogen-bond acceptors (Lipinski definition) is 4. The van der Waals surface area contributed by atoms with Crippen molar-refractivity contribution in [2.45, 2.75) is 19.6 Å². The maximum Gasteiger partial charge on any atom is 0.249 e. The summed E-state index contributed by atoms with van der Waals surface area (Å²) in [6.45, 7) is 1.70. The largest absolute Gasteiger partial charge is 0.392 e. The van der Waals surface area contributed by atoms with Crippen molar-refractivity contribution in [3.05, 3.63) is 28.2 Å². The molecule has 1 aromatic rings. The summed E-state index contributed by atoms with van der Waals surface area (Å²) in [6.07, 6.45) is 0. The average Bonchev–Trinajstić information content (AvgIpc) is 2.33. The Hall–Kier alpha value is -1.40. The molecular weight excluding hydrogens is 300 g/mol. The number of benzene rings is 1. The summed E-state index contributed by atoms with van der Waals surface area (Å²) < 4.78 is 0.834. The van der Waals surface area contributed by atoms with Gasteiger partial charge in [-0.3, -0.25) is 14.9 Å². The first-order valence-corrected chi connectivity index (χ1v) is 6.32. The summed E-state index contributed by atoms with van der Waals surface area (Å²) in [6, 6.07) is 4.94. The quantitative estimate of drug-likeness (QED) is 0.792. The molecule has 18 heavy (non-hydrogen) atoms. The van der Waals surface area contributed by atoms with Crippen LogP contribution in [-0.2, 0) is 16.2 Å². The highest BCUT2D eigenvalue weighted by atomic mass is 79.9. The van der Waals surface area contributed by atoms with Gasteiger partial charge in [0.2, 0.25) is 11.8 Å². The first kappa shape index (κ1) is 13.0. The lowest BCUT2D eigenvalue weighted by molar-refractivity contribution is -0.132. The summed E-state index contributed by atoms with van der Waals surface area (Å²) in [7, 11) is 0. The maximum atomic E-state index is 11.6. The van der Waals surface area contributed by atoms with E-state index in [2.05, 4.69) is 21.2 Å². The molecule has 2 rings (SSSR count). The molecule has 0 spiro atoms. The summed E-state index contributed by atoms with van der Waals surface area (Å²) in [5.41, 5.74) is 1.38. The van der Waals surface area contributed by atoms with E-state index in [0.29, 0.717) is 11.3 Å². The molecule has 1 aliphatic heterocycles. The van der Waals surface area contributed by atoms with Gasteiger partial charge in [0.1, 0.15) is 6.04 Å². The Morgan fingerprint density at radius 1 is 1.50 bits per heavy atom. The fourth-order valence-electron chi connectivity index (χ4n) is 1.95. The van der Waals surface area contributed by atoms with Crippen LogP contribution in [0.3, 0.4) is 0 Å². The van der Waals surface area contributed by atoms with Crippen LogP contribution in [-0.4, -0.2) is 29.5 Å². The number of anilines is 1. The van der Waals surface area contributed by atoms with Crippen molar-refractivity contribution in [1.82, 2.24) is 5.32 Å². The minimum atomic E-state index is -0.442. The highest BCUT2D eigenvalue weighted by Crippen LogP contribution is 2.27. The summed E-state index contributed by atoms with van der Waals surface area (Å²) in [5, 5.41) is 11.6. The van der Waals surface area contributed by atoms with Crippen molar-refractivity contribution in [3.63, 3.8) is 0 Å². The van der Waals surface area contributed by atoms with Gasteiger partial charge in [-0.05, 0) is 19.1 Å².